The van der Waals surface area contributed by atoms with E-state index in [4.69, 9.17) is 0 Å². The summed E-state index contributed by atoms with van der Waals surface area (Å²) in [7, 11) is 0. The molecule has 20 heavy (non-hydrogen) atoms. The maximum absolute atomic E-state index is 13.5. The molecule has 0 spiro atoms. The van der Waals surface area contributed by atoms with Crippen molar-refractivity contribution in [1.29, 1.82) is 0 Å². The van der Waals surface area contributed by atoms with Gasteiger partial charge in [-0.25, -0.2) is 14.4 Å². The lowest BCUT2D eigenvalue weighted by Crippen LogP contribution is -2.22. The highest BCUT2D eigenvalue weighted by atomic mass is 79.9. The van der Waals surface area contributed by atoms with Gasteiger partial charge < -0.3 is 5.32 Å². The van der Waals surface area contributed by atoms with Gasteiger partial charge in [-0.1, -0.05) is 29.8 Å². The lowest BCUT2D eigenvalue weighted by Gasteiger charge is -2.10. The maximum Gasteiger partial charge on any atom is 0.159 e. The minimum Gasteiger partial charge on any atom is -0.309 e. The minimum atomic E-state index is -0.304. The predicted molar refractivity (Wildman–Crippen MR) is 81.8 cm³/mol. The van der Waals surface area contributed by atoms with E-state index in [1.54, 1.807) is 0 Å². The van der Waals surface area contributed by atoms with E-state index in [9.17, 15) is 4.39 Å². The fraction of sp³-hybridized carbons (Fsp3) is 0.333. The summed E-state index contributed by atoms with van der Waals surface area (Å²) in [5, 5.41) is 3.32. The van der Waals surface area contributed by atoms with E-state index in [1.807, 2.05) is 19.1 Å². The zero-order valence-electron chi connectivity index (χ0n) is 11.7. The van der Waals surface area contributed by atoms with Crippen LogP contribution in [0.2, 0.25) is 0 Å². The zero-order valence-corrected chi connectivity index (χ0v) is 13.3. The van der Waals surface area contributed by atoms with Crippen molar-refractivity contribution in [2.45, 2.75) is 33.4 Å². The molecule has 3 nitrogen and oxygen atoms in total. The Bertz CT molecular complexity index is 594. The molecule has 1 N–H and O–H groups in total. The SMILES string of the molecule is Cc1cc(CNC(C)C)nc(-c2cc(F)cc(Br)c2)n1. The van der Waals surface area contributed by atoms with Gasteiger partial charge in [-0.05, 0) is 31.2 Å². The Kier molecular flexibility index (Phi) is 4.83. The summed E-state index contributed by atoms with van der Waals surface area (Å²) in [4.78, 5) is 8.88. The van der Waals surface area contributed by atoms with Gasteiger partial charge in [0.15, 0.2) is 5.82 Å². The van der Waals surface area contributed by atoms with Crippen LogP contribution in [0.15, 0.2) is 28.7 Å². The number of hydrogen-bond donors (Lipinski definition) is 1. The van der Waals surface area contributed by atoms with Crippen LogP contribution in [0.25, 0.3) is 11.4 Å². The smallest absolute Gasteiger partial charge is 0.159 e. The molecule has 0 saturated carbocycles. The zero-order chi connectivity index (χ0) is 14.7. The molecular formula is C15H17BrFN3. The fourth-order valence-corrected chi connectivity index (χ4v) is 2.31. The molecule has 0 aliphatic carbocycles. The number of rotatable bonds is 4. The van der Waals surface area contributed by atoms with Crippen molar-refractivity contribution < 1.29 is 4.39 Å². The van der Waals surface area contributed by atoms with Crippen molar-refractivity contribution >= 4 is 15.9 Å². The second-order valence-electron chi connectivity index (χ2n) is 5.02. The molecule has 1 aromatic heterocycles. The molecule has 1 aromatic carbocycles. The molecule has 2 aromatic rings. The number of hydrogen-bond acceptors (Lipinski definition) is 3. The summed E-state index contributed by atoms with van der Waals surface area (Å²) < 4.78 is 14.2. The minimum absolute atomic E-state index is 0.304. The quantitative estimate of drug-likeness (QED) is 0.920. The first kappa shape index (κ1) is 15.1. The molecular weight excluding hydrogens is 321 g/mol. The standard InChI is InChI=1S/C15H17BrFN3/c1-9(2)18-8-14-4-10(3)19-15(20-14)11-5-12(16)7-13(17)6-11/h4-7,9,18H,8H2,1-3H3. The third-order valence-corrected chi connectivity index (χ3v) is 3.18. The van der Waals surface area contributed by atoms with E-state index < -0.39 is 0 Å². The number of nitrogens with zero attached hydrogens (tertiary/aromatic N) is 2. The summed E-state index contributed by atoms with van der Waals surface area (Å²) in [6.45, 7) is 6.75. The molecule has 0 radical (unpaired) electrons. The average molecular weight is 338 g/mol. The lowest BCUT2D eigenvalue weighted by molar-refractivity contribution is 0.580. The molecule has 0 aliphatic heterocycles. The molecule has 0 unspecified atom stereocenters. The predicted octanol–water partition coefficient (Wildman–Crippen LogP) is 3.85. The molecule has 5 heteroatoms. The highest BCUT2D eigenvalue weighted by Crippen LogP contribution is 2.22. The van der Waals surface area contributed by atoms with Crippen molar-refractivity contribution in [3.8, 4) is 11.4 Å². The van der Waals surface area contributed by atoms with Crippen LogP contribution in [0.1, 0.15) is 25.2 Å². The van der Waals surface area contributed by atoms with Crippen molar-refractivity contribution in [1.82, 2.24) is 15.3 Å². The Morgan fingerprint density at radius 3 is 2.60 bits per heavy atom. The first-order valence-electron chi connectivity index (χ1n) is 6.48. The molecule has 106 valence electrons. The Labute approximate surface area is 126 Å². The van der Waals surface area contributed by atoms with Gasteiger partial charge in [0, 0.05) is 28.3 Å². The highest BCUT2D eigenvalue weighted by molar-refractivity contribution is 9.10. The second kappa shape index (κ2) is 6.41. The van der Waals surface area contributed by atoms with Crippen molar-refractivity contribution in [2.75, 3.05) is 0 Å². The van der Waals surface area contributed by atoms with Crippen molar-refractivity contribution in [3.63, 3.8) is 0 Å². The Hall–Kier alpha value is -1.33. The van der Waals surface area contributed by atoms with Gasteiger partial charge >= 0.3 is 0 Å². The van der Waals surface area contributed by atoms with Gasteiger partial charge in [0.2, 0.25) is 0 Å². The monoisotopic (exact) mass is 337 g/mol. The summed E-state index contributed by atoms with van der Waals surface area (Å²) in [5.74, 6) is 0.243. The average Bonchev–Trinajstić information content (AvgIpc) is 2.34. The van der Waals surface area contributed by atoms with Crippen LogP contribution >= 0.6 is 15.9 Å². The molecule has 0 amide bonds. The van der Waals surface area contributed by atoms with E-state index in [-0.39, 0.29) is 5.82 Å². The Balaban J connectivity index is 2.36. The summed E-state index contributed by atoms with van der Waals surface area (Å²) >= 11 is 3.29. The molecule has 0 atom stereocenters. The molecule has 0 fully saturated rings. The highest BCUT2D eigenvalue weighted by Gasteiger charge is 2.08. The number of nitrogens with one attached hydrogen (secondary N) is 1. The van der Waals surface area contributed by atoms with Crippen LogP contribution in [-0.2, 0) is 6.54 Å². The van der Waals surface area contributed by atoms with Crippen LogP contribution in [-0.4, -0.2) is 16.0 Å². The third kappa shape index (κ3) is 4.08. The first-order chi connectivity index (χ1) is 9.44. The normalized spacial score (nSPS) is 11.1. The van der Waals surface area contributed by atoms with Gasteiger partial charge in [-0.15, -0.1) is 0 Å². The summed E-state index contributed by atoms with van der Waals surface area (Å²) in [6, 6.07) is 7.00. The third-order valence-electron chi connectivity index (χ3n) is 2.72. The summed E-state index contributed by atoms with van der Waals surface area (Å²) in [6.07, 6.45) is 0. The number of benzene rings is 1. The second-order valence-corrected chi connectivity index (χ2v) is 5.93. The van der Waals surface area contributed by atoms with Crippen LogP contribution in [0.5, 0.6) is 0 Å². The van der Waals surface area contributed by atoms with Crippen LogP contribution in [0, 0.1) is 12.7 Å². The molecule has 0 bridgehead atoms. The number of halogens is 2. The molecule has 2 rings (SSSR count). The topological polar surface area (TPSA) is 37.8 Å². The lowest BCUT2D eigenvalue weighted by atomic mass is 10.2. The van der Waals surface area contributed by atoms with Gasteiger partial charge in [-0.2, -0.15) is 0 Å². The van der Waals surface area contributed by atoms with Gasteiger partial charge in [0.05, 0.1) is 5.69 Å². The first-order valence-corrected chi connectivity index (χ1v) is 7.28. The number of aryl methyl sites for hydroxylation is 1. The molecule has 0 saturated heterocycles. The summed E-state index contributed by atoms with van der Waals surface area (Å²) in [5.41, 5.74) is 2.45. The largest absolute Gasteiger partial charge is 0.309 e. The molecule has 0 aliphatic rings. The fourth-order valence-electron chi connectivity index (χ4n) is 1.85. The van der Waals surface area contributed by atoms with E-state index in [1.165, 1.54) is 12.1 Å². The van der Waals surface area contributed by atoms with E-state index >= 15 is 0 Å². The number of aromatic nitrogens is 2. The van der Waals surface area contributed by atoms with Gasteiger partial charge in [0.1, 0.15) is 5.82 Å². The van der Waals surface area contributed by atoms with E-state index in [2.05, 4.69) is 45.1 Å². The van der Waals surface area contributed by atoms with Crippen LogP contribution in [0.4, 0.5) is 4.39 Å². The molecule has 1 heterocycles. The van der Waals surface area contributed by atoms with Crippen LogP contribution < -0.4 is 5.32 Å². The Morgan fingerprint density at radius 1 is 1.20 bits per heavy atom. The van der Waals surface area contributed by atoms with E-state index in [0.717, 1.165) is 11.4 Å². The van der Waals surface area contributed by atoms with Gasteiger partial charge in [0.25, 0.3) is 0 Å². The maximum atomic E-state index is 13.5. The van der Waals surface area contributed by atoms with Gasteiger partial charge in [-0.3, -0.25) is 0 Å². The Morgan fingerprint density at radius 2 is 1.95 bits per heavy atom. The van der Waals surface area contributed by atoms with E-state index in [0.29, 0.717) is 28.4 Å². The van der Waals surface area contributed by atoms with Crippen molar-refractivity contribution in [3.05, 3.63) is 45.9 Å². The van der Waals surface area contributed by atoms with Crippen molar-refractivity contribution in [2.24, 2.45) is 0 Å². The van der Waals surface area contributed by atoms with Crippen LogP contribution in [0.3, 0.4) is 0 Å².